The van der Waals surface area contributed by atoms with Crippen molar-refractivity contribution in [2.75, 3.05) is 13.2 Å². The summed E-state index contributed by atoms with van der Waals surface area (Å²) in [5, 5.41) is 0. The van der Waals surface area contributed by atoms with Crippen LogP contribution in [0, 0.1) is 0 Å². The number of allylic oxidation sites excluding steroid dienone is 2. The molecule has 0 saturated carbocycles. The molecule has 0 spiro atoms. The van der Waals surface area contributed by atoms with E-state index in [0.717, 1.165) is 57.8 Å². The smallest absolute Gasteiger partial charge is 0.306 e. The Hall–Kier alpha value is -1.85. The Kier molecular flexibility index (Phi) is 68.0. The van der Waals surface area contributed by atoms with Gasteiger partial charge in [-0.2, -0.15) is 0 Å². The van der Waals surface area contributed by atoms with Gasteiger partial charge in [0.05, 0.1) is 0 Å². The monoisotopic (exact) mass is 1130 g/mol. The van der Waals surface area contributed by atoms with Crippen LogP contribution in [0.1, 0.15) is 425 Å². The second kappa shape index (κ2) is 69.6. The highest BCUT2D eigenvalue weighted by molar-refractivity contribution is 5.71. The average molecular weight is 1130 g/mol. The van der Waals surface area contributed by atoms with Crippen molar-refractivity contribution < 1.29 is 28.6 Å². The molecule has 474 valence electrons. The van der Waals surface area contributed by atoms with Crippen LogP contribution in [0.5, 0.6) is 0 Å². The van der Waals surface area contributed by atoms with E-state index in [2.05, 4.69) is 32.9 Å². The van der Waals surface area contributed by atoms with Crippen LogP contribution in [0.2, 0.25) is 0 Å². The summed E-state index contributed by atoms with van der Waals surface area (Å²) in [6.07, 6.45) is 84.2. The van der Waals surface area contributed by atoms with Crippen LogP contribution in [-0.4, -0.2) is 37.2 Å². The highest BCUT2D eigenvalue weighted by atomic mass is 16.6. The topological polar surface area (TPSA) is 78.9 Å². The number of carbonyl (C=O) groups is 3. The van der Waals surface area contributed by atoms with Gasteiger partial charge in [-0.25, -0.2) is 0 Å². The molecule has 0 aromatic heterocycles. The second-order valence-electron chi connectivity index (χ2n) is 25.2. The van der Waals surface area contributed by atoms with Gasteiger partial charge in [-0.1, -0.05) is 373 Å². The molecule has 0 heterocycles. The molecule has 80 heavy (non-hydrogen) atoms. The predicted octanol–water partition coefficient (Wildman–Crippen LogP) is 25.2. The Balaban J connectivity index is 4.00. The van der Waals surface area contributed by atoms with Gasteiger partial charge >= 0.3 is 17.9 Å². The highest BCUT2D eigenvalue weighted by Crippen LogP contribution is 2.19. The molecular weight excluding hydrogens is 985 g/mol. The van der Waals surface area contributed by atoms with E-state index < -0.39 is 6.10 Å². The SMILES string of the molecule is CCCCCCCCC/C=C\CCCCCCCCCC(=O)OC(COC(=O)CCCCCCCCCCCC)COC(=O)CCCCCCCCCCCCCCCCCCCCCCCCCCCCCCCCCCCC. The van der Waals surface area contributed by atoms with Crippen molar-refractivity contribution in [3.05, 3.63) is 12.2 Å². The van der Waals surface area contributed by atoms with Gasteiger partial charge in [0.25, 0.3) is 0 Å². The Morgan fingerprint density at radius 2 is 0.412 bits per heavy atom. The van der Waals surface area contributed by atoms with Crippen LogP contribution < -0.4 is 0 Å². The summed E-state index contributed by atoms with van der Waals surface area (Å²) in [5.74, 6) is -0.840. The largest absolute Gasteiger partial charge is 0.462 e. The van der Waals surface area contributed by atoms with Crippen molar-refractivity contribution in [2.45, 2.75) is 431 Å². The van der Waals surface area contributed by atoms with Gasteiger partial charge in [0.15, 0.2) is 6.10 Å². The molecule has 0 aliphatic carbocycles. The van der Waals surface area contributed by atoms with Gasteiger partial charge < -0.3 is 14.2 Å². The molecular formula is C74H142O6. The average Bonchev–Trinajstić information content (AvgIpc) is 3.46. The first-order valence-electron chi connectivity index (χ1n) is 36.7. The summed E-state index contributed by atoms with van der Waals surface area (Å²) in [5.41, 5.74) is 0. The van der Waals surface area contributed by atoms with Crippen molar-refractivity contribution >= 4 is 17.9 Å². The zero-order valence-electron chi connectivity index (χ0n) is 54.6. The maximum Gasteiger partial charge on any atom is 0.306 e. The molecule has 0 rings (SSSR count). The van der Waals surface area contributed by atoms with E-state index in [9.17, 15) is 14.4 Å². The molecule has 1 unspecified atom stereocenters. The van der Waals surface area contributed by atoms with Gasteiger partial charge in [0, 0.05) is 19.3 Å². The normalized spacial score (nSPS) is 12.0. The van der Waals surface area contributed by atoms with Crippen molar-refractivity contribution in [1.29, 1.82) is 0 Å². The van der Waals surface area contributed by atoms with Gasteiger partial charge in [0.1, 0.15) is 13.2 Å². The van der Waals surface area contributed by atoms with E-state index in [4.69, 9.17) is 14.2 Å². The molecule has 1 atom stereocenters. The molecule has 0 N–H and O–H groups in total. The first-order chi connectivity index (χ1) is 39.5. The fourth-order valence-corrected chi connectivity index (χ4v) is 11.5. The number of carbonyl (C=O) groups excluding carboxylic acids is 3. The van der Waals surface area contributed by atoms with Crippen molar-refractivity contribution in [2.24, 2.45) is 0 Å². The van der Waals surface area contributed by atoms with Crippen molar-refractivity contribution in [1.82, 2.24) is 0 Å². The van der Waals surface area contributed by atoms with Crippen molar-refractivity contribution in [3.8, 4) is 0 Å². The molecule has 0 fully saturated rings. The summed E-state index contributed by atoms with van der Waals surface area (Å²) in [4.78, 5) is 38.3. The number of unbranched alkanes of at least 4 members (excludes halogenated alkanes) is 56. The van der Waals surface area contributed by atoms with Gasteiger partial charge in [0.2, 0.25) is 0 Å². The van der Waals surface area contributed by atoms with Gasteiger partial charge in [-0.05, 0) is 44.9 Å². The minimum atomic E-state index is -0.768. The highest BCUT2D eigenvalue weighted by Gasteiger charge is 2.20. The summed E-state index contributed by atoms with van der Waals surface area (Å²) >= 11 is 0. The standard InChI is InChI=1S/C74H142O6/c1-4-7-10-13-16-19-22-24-26-28-30-31-32-33-34-35-36-37-38-39-40-41-42-43-44-45-47-48-50-52-55-58-61-64-67-73(76)79-70-71(69-78-72(75)66-63-60-57-54-21-18-15-12-9-6-3)80-74(77)68-65-62-59-56-53-51-49-46-29-27-25-23-20-17-14-11-8-5-2/h27,29,71H,4-26,28,30-70H2,1-3H3/b29-27-. The third kappa shape index (κ3) is 66.9. The molecule has 0 aromatic rings. The van der Waals surface area contributed by atoms with Crippen LogP contribution in [0.4, 0.5) is 0 Å². The lowest BCUT2D eigenvalue weighted by Crippen LogP contribution is -2.30. The summed E-state index contributed by atoms with van der Waals surface area (Å²) in [7, 11) is 0. The molecule has 6 nitrogen and oxygen atoms in total. The molecule has 0 amide bonds. The fraction of sp³-hybridized carbons (Fsp3) is 0.932. The third-order valence-corrected chi connectivity index (χ3v) is 17.0. The lowest BCUT2D eigenvalue weighted by Gasteiger charge is -2.18. The lowest BCUT2D eigenvalue weighted by atomic mass is 10.0. The molecule has 0 saturated heterocycles. The maximum atomic E-state index is 12.9. The van der Waals surface area contributed by atoms with E-state index >= 15 is 0 Å². The minimum Gasteiger partial charge on any atom is -0.462 e. The number of ether oxygens (including phenoxy) is 3. The molecule has 0 radical (unpaired) electrons. The number of hydrogen-bond donors (Lipinski definition) is 0. The van der Waals surface area contributed by atoms with Gasteiger partial charge in [-0.3, -0.25) is 14.4 Å². The Morgan fingerprint density at radius 3 is 0.625 bits per heavy atom. The number of hydrogen-bond acceptors (Lipinski definition) is 6. The van der Waals surface area contributed by atoms with Gasteiger partial charge in [-0.15, -0.1) is 0 Å². The summed E-state index contributed by atoms with van der Waals surface area (Å²) in [6, 6.07) is 0. The van der Waals surface area contributed by atoms with Crippen LogP contribution in [-0.2, 0) is 28.6 Å². The number of rotatable bonds is 69. The number of esters is 3. The second-order valence-corrected chi connectivity index (χ2v) is 25.2. The quantitative estimate of drug-likeness (QED) is 0.0261. The first kappa shape index (κ1) is 78.1. The van der Waals surface area contributed by atoms with E-state index in [1.165, 1.54) is 327 Å². The Morgan fingerprint density at radius 1 is 0.237 bits per heavy atom. The third-order valence-electron chi connectivity index (χ3n) is 17.0. The lowest BCUT2D eigenvalue weighted by molar-refractivity contribution is -0.167. The van der Waals surface area contributed by atoms with E-state index in [1.807, 2.05) is 0 Å². The van der Waals surface area contributed by atoms with Crippen LogP contribution in [0.3, 0.4) is 0 Å². The molecule has 0 aliphatic rings. The molecule has 0 aromatic carbocycles. The summed E-state index contributed by atoms with van der Waals surface area (Å²) in [6.45, 7) is 6.70. The van der Waals surface area contributed by atoms with E-state index in [1.54, 1.807) is 0 Å². The van der Waals surface area contributed by atoms with Crippen molar-refractivity contribution in [3.63, 3.8) is 0 Å². The Bertz CT molecular complexity index is 1250. The van der Waals surface area contributed by atoms with Crippen LogP contribution >= 0.6 is 0 Å². The van der Waals surface area contributed by atoms with E-state index in [-0.39, 0.29) is 31.1 Å². The Labute approximate surface area is 501 Å². The van der Waals surface area contributed by atoms with E-state index in [0.29, 0.717) is 19.3 Å². The zero-order valence-corrected chi connectivity index (χ0v) is 54.6. The predicted molar refractivity (Wildman–Crippen MR) is 349 cm³/mol. The molecule has 6 heteroatoms. The summed E-state index contributed by atoms with van der Waals surface area (Å²) < 4.78 is 16.9. The van der Waals surface area contributed by atoms with Crippen LogP contribution in [0.15, 0.2) is 12.2 Å². The fourth-order valence-electron chi connectivity index (χ4n) is 11.5. The molecule has 0 bridgehead atoms. The van der Waals surface area contributed by atoms with Crippen LogP contribution in [0.25, 0.3) is 0 Å². The maximum absolute atomic E-state index is 12.9. The minimum absolute atomic E-state index is 0.0654. The first-order valence-corrected chi connectivity index (χ1v) is 36.7. The zero-order chi connectivity index (χ0) is 57.8. The molecule has 0 aliphatic heterocycles.